The number of carbonyl (C=O) groups excluding carboxylic acids is 1. The Hall–Kier alpha value is -1.00. The monoisotopic (exact) mass is 292 g/mol. The standard InChI is InChI=1S/C16H24N2OS/c1-12(8-9-20-3)18(2)16(19)15-10-13-6-4-5-7-14(13)11-17-15/h4-7,12,15,17H,8-11H2,1-3H3/t12?,15-/m1/s1. The molecule has 1 N–H and O–H groups in total. The maximum Gasteiger partial charge on any atom is 0.240 e. The summed E-state index contributed by atoms with van der Waals surface area (Å²) >= 11 is 1.83. The fourth-order valence-electron chi connectivity index (χ4n) is 2.57. The van der Waals surface area contributed by atoms with Gasteiger partial charge in [0, 0.05) is 19.6 Å². The molecule has 0 fully saturated rings. The molecular formula is C16H24N2OS. The van der Waals surface area contributed by atoms with E-state index in [1.165, 1.54) is 11.1 Å². The van der Waals surface area contributed by atoms with Gasteiger partial charge in [0.15, 0.2) is 0 Å². The quantitative estimate of drug-likeness (QED) is 0.904. The molecule has 1 aliphatic rings. The normalized spacial score (nSPS) is 19.2. The molecule has 1 amide bonds. The van der Waals surface area contributed by atoms with Crippen molar-refractivity contribution in [2.75, 3.05) is 19.1 Å². The van der Waals surface area contributed by atoms with Crippen molar-refractivity contribution < 1.29 is 4.79 Å². The van der Waals surface area contributed by atoms with E-state index >= 15 is 0 Å². The Morgan fingerprint density at radius 3 is 2.85 bits per heavy atom. The summed E-state index contributed by atoms with van der Waals surface area (Å²) in [6, 6.07) is 8.59. The highest BCUT2D eigenvalue weighted by atomic mass is 32.2. The van der Waals surface area contributed by atoms with Crippen LogP contribution in [-0.4, -0.2) is 41.9 Å². The van der Waals surface area contributed by atoms with E-state index in [4.69, 9.17) is 0 Å². The van der Waals surface area contributed by atoms with Crippen LogP contribution in [0.4, 0.5) is 0 Å². The van der Waals surface area contributed by atoms with E-state index in [2.05, 4.69) is 42.8 Å². The maximum absolute atomic E-state index is 12.6. The van der Waals surface area contributed by atoms with Crippen LogP contribution < -0.4 is 5.32 Å². The van der Waals surface area contributed by atoms with Gasteiger partial charge in [-0.15, -0.1) is 0 Å². The minimum Gasteiger partial charge on any atom is -0.342 e. The summed E-state index contributed by atoms with van der Waals surface area (Å²) in [6.07, 6.45) is 3.95. The number of nitrogens with one attached hydrogen (secondary N) is 1. The zero-order chi connectivity index (χ0) is 14.5. The van der Waals surface area contributed by atoms with Gasteiger partial charge in [0.2, 0.25) is 5.91 Å². The predicted molar refractivity (Wildman–Crippen MR) is 86.0 cm³/mol. The third kappa shape index (κ3) is 3.55. The molecule has 1 heterocycles. The third-order valence-corrected chi connectivity index (χ3v) is 4.77. The molecule has 0 spiro atoms. The average molecular weight is 292 g/mol. The molecule has 0 saturated carbocycles. The van der Waals surface area contributed by atoms with E-state index in [1.54, 1.807) is 0 Å². The molecule has 3 nitrogen and oxygen atoms in total. The lowest BCUT2D eigenvalue weighted by molar-refractivity contribution is -0.134. The highest BCUT2D eigenvalue weighted by molar-refractivity contribution is 7.98. The Morgan fingerprint density at radius 1 is 1.45 bits per heavy atom. The second kappa shape index (κ2) is 7.14. The summed E-state index contributed by atoms with van der Waals surface area (Å²) in [5.74, 6) is 1.31. The Balaban J connectivity index is 1.97. The number of carbonyl (C=O) groups is 1. The predicted octanol–water partition coefficient (Wildman–Crippen LogP) is 2.30. The van der Waals surface area contributed by atoms with Gasteiger partial charge in [0.25, 0.3) is 0 Å². The third-order valence-electron chi connectivity index (χ3n) is 4.13. The molecule has 1 aliphatic heterocycles. The van der Waals surface area contributed by atoms with Crippen molar-refractivity contribution in [3.63, 3.8) is 0 Å². The van der Waals surface area contributed by atoms with Gasteiger partial charge in [-0.2, -0.15) is 11.8 Å². The van der Waals surface area contributed by atoms with Crippen LogP contribution in [0.3, 0.4) is 0 Å². The van der Waals surface area contributed by atoms with Crippen LogP contribution in [0, 0.1) is 0 Å². The molecular weight excluding hydrogens is 268 g/mol. The van der Waals surface area contributed by atoms with Crippen LogP contribution in [0.15, 0.2) is 24.3 Å². The molecule has 0 aromatic heterocycles. The van der Waals surface area contributed by atoms with Crippen molar-refractivity contribution in [1.82, 2.24) is 10.2 Å². The van der Waals surface area contributed by atoms with Crippen LogP contribution in [0.25, 0.3) is 0 Å². The first-order chi connectivity index (χ1) is 9.63. The molecule has 110 valence electrons. The Kier molecular flexibility index (Phi) is 5.49. The Morgan fingerprint density at radius 2 is 2.15 bits per heavy atom. The van der Waals surface area contributed by atoms with Gasteiger partial charge >= 0.3 is 0 Å². The second-order valence-corrected chi connectivity index (χ2v) is 6.47. The minimum atomic E-state index is -0.0772. The van der Waals surface area contributed by atoms with E-state index in [0.29, 0.717) is 6.04 Å². The number of fused-ring (bicyclic) bond motifs is 1. The number of hydrogen-bond donors (Lipinski definition) is 1. The lowest BCUT2D eigenvalue weighted by Gasteiger charge is -2.32. The van der Waals surface area contributed by atoms with Crippen molar-refractivity contribution in [1.29, 1.82) is 0 Å². The zero-order valence-corrected chi connectivity index (χ0v) is 13.4. The number of thioether (sulfide) groups is 1. The first kappa shape index (κ1) is 15.4. The minimum absolute atomic E-state index is 0.0772. The maximum atomic E-state index is 12.6. The lowest BCUT2D eigenvalue weighted by Crippen LogP contribution is -2.50. The molecule has 4 heteroatoms. The van der Waals surface area contributed by atoms with E-state index in [-0.39, 0.29) is 11.9 Å². The Bertz CT molecular complexity index is 464. The number of nitrogens with zero attached hydrogens (tertiary/aromatic N) is 1. The van der Waals surface area contributed by atoms with Gasteiger partial charge in [0.05, 0.1) is 6.04 Å². The second-order valence-electron chi connectivity index (χ2n) is 5.49. The molecule has 20 heavy (non-hydrogen) atoms. The van der Waals surface area contributed by atoms with Crippen LogP contribution in [0.5, 0.6) is 0 Å². The molecule has 2 atom stereocenters. The average Bonchev–Trinajstić information content (AvgIpc) is 2.50. The smallest absolute Gasteiger partial charge is 0.240 e. The fourth-order valence-corrected chi connectivity index (χ4v) is 3.15. The summed E-state index contributed by atoms with van der Waals surface area (Å²) in [5.41, 5.74) is 2.62. The molecule has 1 unspecified atom stereocenters. The molecule has 0 bridgehead atoms. The number of rotatable bonds is 5. The summed E-state index contributed by atoms with van der Waals surface area (Å²) < 4.78 is 0. The van der Waals surface area contributed by atoms with Gasteiger partial charge in [-0.25, -0.2) is 0 Å². The lowest BCUT2D eigenvalue weighted by atomic mass is 9.95. The largest absolute Gasteiger partial charge is 0.342 e. The van der Waals surface area contributed by atoms with Crippen molar-refractivity contribution >= 4 is 17.7 Å². The topological polar surface area (TPSA) is 32.3 Å². The van der Waals surface area contributed by atoms with Crippen molar-refractivity contribution in [2.24, 2.45) is 0 Å². The van der Waals surface area contributed by atoms with Crippen LogP contribution in [-0.2, 0) is 17.8 Å². The highest BCUT2D eigenvalue weighted by Crippen LogP contribution is 2.18. The first-order valence-electron chi connectivity index (χ1n) is 7.19. The summed E-state index contributed by atoms with van der Waals surface area (Å²) in [4.78, 5) is 14.5. The highest BCUT2D eigenvalue weighted by Gasteiger charge is 2.28. The van der Waals surface area contributed by atoms with Gasteiger partial charge in [-0.1, -0.05) is 24.3 Å². The summed E-state index contributed by atoms with van der Waals surface area (Å²) in [7, 11) is 1.93. The summed E-state index contributed by atoms with van der Waals surface area (Å²) in [6.45, 7) is 2.92. The molecule has 0 aliphatic carbocycles. The number of amides is 1. The van der Waals surface area contributed by atoms with Crippen LogP contribution in [0.1, 0.15) is 24.5 Å². The van der Waals surface area contributed by atoms with E-state index in [0.717, 1.165) is 25.1 Å². The number of hydrogen-bond acceptors (Lipinski definition) is 3. The van der Waals surface area contributed by atoms with Crippen molar-refractivity contribution in [2.45, 2.75) is 38.4 Å². The number of likely N-dealkylation sites (N-methyl/N-ethyl adjacent to an activating group) is 1. The van der Waals surface area contributed by atoms with E-state index in [9.17, 15) is 4.79 Å². The first-order valence-corrected chi connectivity index (χ1v) is 8.58. The van der Waals surface area contributed by atoms with Crippen LogP contribution in [0.2, 0.25) is 0 Å². The zero-order valence-electron chi connectivity index (χ0n) is 12.6. The number of benzene rings is 1. The van der Waals surface area contributed by atoms with Gasteiger partial charge in [-0.05, 0) is 42.9 Å². The molecule has 1 aromatic carbocycles. The molecule has 0 saturated heterocycles. The Labute approximate surface area is 126 Å². The van der Waals surface area contributed by atoms with Crippen molar-refractivity contribution in [3.8, 4) is 0 Å². The molecule has 2 rings (SSSR count). The summed E-state index contributed by atoms with van der Waals surface area (Å²) in [5, 5.41) is 3.37. The van der Waals surface area contributed by atoms with E-state index < -0.39 is 0 Å². The van der Waals surface area contributed by atoms with Crippen molar-refractivity contribution in [3.05, 3.63) is 35.4 Å². The SMILES string of the molecule is CSCCC(C)N(C)C(=O)[C@H]1Cc2ccccc2CN1. The van der Waals surface area contributed by atoms with Gasteiger partial charge < -0.3 is 10.2 Å². The van der Waals surface area contributed by atoms with Gasteiger partial charge in [-0.3, -0.25) is 4.79 Å². The van der Waals surface area contributed by atoms with Crippen LogP contribution >= 0.6 is 11.8 Å². The fraction of sp³-hybridized carbons (Fsp3) is 0.562. The van der Waals surface area contributed by atoms with Gasteiger partial charge in [0.1, 0.15) is 0 Å². The molecule has 0 radical (unpaired) electrons. The molecule has 1 aromatic rings. The van der Waals surface area contributed by atoms with E-state index in [1.807, 2.05) is 23.7 Å².